The minimum Gasteiger partial charge on any atom is -0.355 e. The molecule has 2 amide bonds. The number of carbonyl (C=O) groups is 2. The molecule has 0 aliphatic carbocycles. The van der Waals surface area contributed by atoms with Crippen LogP contribution >= 0.6 is 0 Å². The molecule has 9 heteroatoms. The van der Waals surface area contributed by atoms with Crippen molar-refractivity contribution in [3.05, 3.63) is 33.9 Å². The molecular weight excluding hydrogens is 278 g/mol. The number of nitro benzene ring substituents is 1. The Bertz CT molecular complexity index is 546. The highest BCUT2D eigenvalue weighted by Gasteiger charge is 2.17. The van der Waals surface area contributed by atoms with Crippen molar-refractivity contribution in [3.63, 3.8) is 0 Å². The molecule has 0 aromatic heterocycles. The standard InChI is InChI=1S/C12H17N5O4/c1-2-5-14-11(18)7-15-12(19)8-3-4-9(16-13)10(6-8)17(20)21/h3-4,6,16H,2,5,7,13H2,1H3,(H,14,18)(H,15,19). The number of nitro groups is 1. The molecule has 0 heterocycles. The summed E-state index contributed by atoms with van der Waals surface area (Å²) in [7, 11) is 0. The van der Waals surface area contributed by atoms with Crippen molar-refractivity contribution in [3.8, 4) is 0 Å². The number of hydrogen-bond acceptors (Lipinski definition) is 6. The van der Waals surface area contributed by atoms with E-state index in [-0.39, 0.29) is 29.4 Å². The molecule has 21 heavy (non-hydrogen) atoms. The summed E-state index contributed by atoms with van der Waals surface area (Å²) in [5, 5.41) is 15.8. The molecule has 0 fully saturated rings. The van der Waals surface area contributed by atoms with Gasteiger partial charge in [-0.25, -0.2) is 0 Å². The average Bonchev–Trinajstić information content (AvgIpc) is 2.49. The summed E-state index contributed by atoms with van der Waals surface area (Å²) in [5.74, 6) is 4.26. The summed E-state index contributed by atoms with van der Waals surface area (Å²) in [6, 6.07) is 3.79. The molecule has 1 aromatic rings. The molecule has 0 radical (unpaired) electrons. The summed E-state index contributed by atoms with van der Waals surface area (Å²) >= 11 is 0. The van der Waals surface area contributed by atoms with Gasteiger partial charge < -0.3 is 16.1 Å². The van der Waals surface area contributed by atoms with Crippen LogP contribution in [0.5, 0.6) is 0 Å². The van der Waals surface area contributed by atoms with Crippen LogP contribution in [0.4, 0.5) is 11.4 Å². The van der Waals surface area contributed by atoms with Gasteiger partial charge in [-0.05, 0) is 18.6 Å². The van der Waals surface area contributed by atoms with Gasteiger partial charge in [-0.2, -0.15) is 0 Å². The topological polar surface area (TPSA) is 139 Å². The Kier molecular flexibility index (Phi) is 6.08. The highest BCUT2D eigenvalue weighted by Crippen LogP contribution is 2.24. The number of nitrogens with zero attached hydrogens (tertiary/aromatic N) is 1. The van der Waals surface area contributed by atoms with Gasteiger partial charge in [-0.1, -0.05) is 6.92 Å². The highest BCUT2D eigenvalue weighted by molar-refractivity contribution is 5.97. The molecule has 5 N–H and O–H groups in total. The van der Waals surface area contributed by atoms with Crippen molar-refractivity contribution < 1.29 is 14.5 Å². The van der Waals surface area contributed by atoms with Gasteiger partial charge in [0.05, 0.1) is 11.5 Å². The van der Waals surface area contributed by atoms with Gasteiger partial charge in [0.25, 0.3) is 11.6 Å². The van der Waals surface area contributed by atoms with Crippen molar-refractivity contribution >= 4 is 23.2 Å². The van der Waals surface area contributed by atoms with E-state index in [1.54, 1.807) is 0 Å². The third kappa shape index (κ3) is 4.73. The lowest BCUT2D eigenvalue weighted by molar-refractivity contribution is -0.384. The highest BCUT2D eigenvalue weighted by atomic mass is 16.6. The molecule has 0 spiro atoms. The van der Waals surface area contributed by atoms with E-state index in [0.29, 0.717) is 6.54 Å². The Morgan fingerprint density at radius 2 is 2.05 bits per heavy atom. The fraction of sp³-hybridized carbons (Fsp3) is 0.333. The molecule has 0 unspecified atom stereocenters. The maximum atomic E-state index is 11.8. The van der Waals surface area contributed by atoms with E-state index in [4.69, 9.17) is 5.84 Å². The number of hydrazine groups is 1. The number of anilines is 1. The number of nitrogens with two attached hydrogens (primary N) is 1. The second-order valence-corrected chi connectivity index (χ2v) is 4.17. The molecule has 1 aromatic carbocycles. The number of amides is 2. The lowest BCUT2D eigenvalue weighted by atomic mass is 10.1. The van der Waals surface area contributed by atoms with E-state index in [1.807, 2.05) is 6.92 Å². The molecule has 0 saturated heterocycles. The number of carbonyl (C=O) groups excluding carboxylic acids is 2. The summed E-state index contributed by atoms with van der Waals surface area (Å²) < 4.78 is 0. The fourth-order valence-corrected chi connectivity index (χ4v) is 1.54. The Hall–Kier alpha value is -2.68. The lowest BCUT2D eigenvalue weighted by Gasteiger charge is -2.07. The summed E-state index contributed by atoms with van der Waals surface area (Å²) in [6.45, 7) is 2.24. The minimum absolute atomic E-state index is 0.0731. The van der Waals surface area contributed by atoms with Crippen molar-refractivity contribution in [2.75, 3.05) is 18.5 Å². The molecule has 0 bridgehead atoms. The van der Waals surface area contributed by atoms with Crippen LogP contribution in [-0.2, 0) is 4.79 Å². The first-order valence-electron chi connectivity index (χ1n) is 6.29. The Labute approximate surface area is 121 Å². The summed E-state index contributed by atoms with van der Waals surface area (Å²) in [5.41, 5.74) is 2.03. The van der Waals surface area contributed by atoms with Crippen molar-refractivity contribution in [1.29, 1.82) is 0 Å². The van der Waals surface area contributed by atoms with Crippen molar-refractivity contribution in [2.45, 2.75) is 13.3 Å². The first-order valence-corrected chi connectivity index (χ1v) is 6.29. The van der Waals surface area contributed by atoms with Crippen LogP contribution in [0, 0.1) is 10.1 Å². The zero-order chi connectivity index (χ0) is 15.8. The third-order valence-corrected chi connectivity index (χ3v) is 2.59. The maximum absolute atomic E-state index is 11.8. The van der Waals surface area contributed by atoms with Gasteiger partial charge in [-0.15, -0.1) is 0 Å². The molecule has 0 aliphatic heterocycles. The Morgan fingerprint density at radius 1 is 1.33 bits per heavy atom. The third-order valence-electron chi connectivity index (χ3n) is 2.59. The van der Waals surface area contributed by atoms with E-state index in [2.05, 4.69) is 16.1 Å². The number of benzene rings is 1. The van der Waals surface area contributed by atoms with Crippen LogP contribution in [0.1, 0.15) is 23.7 Å². The van der Waals surface area contributed by atoms with Gasteiger partial charge in [0, 0.05) is 18.2 Å². The van der Waals surface area contributed by atoms with Crippen LogP contribution < -0.4 is 21.9 Å². The molecular formula is C12H17N5O4. The van der Waals surface area contributed by atoms with E-state index in [1.165, 1.54) is 12.1 Å². The van der Waals surface area contributed by atoms with Gasteiger partial charge in [0.1, 0.15) is 5.69 Å². The summed E-state index contributed by atoms with van der Waals surface area (Å²) in [4.78, 5) is 33.4. The van der Waals surface area contributed by atoms with Crippen LogP contribution in [0.25, 0.3) is 0 Å². The van der Waals surface area contributed by atoms with E-state index in [9.17, 15) is 19.7 Å². The lowest BCUT2D eigenvalue weighted by Crippen LogP contribution is -2.37. The molecule has 0 saturated carbocycles. The predicted octanol–water partition coefficient (Wildman–Crippen LogP) is 0.136. The van der Waals surface area contributed by atoms with Gasteiger partial charge in [-0.3, -0.25) is 25.5 Å². The second-order valence-electron chi connectivity index (χ2n) is 4.17. The van der Waals surface area contributed by atoms with E-state index < -0.39 is 10.8 Å². The van der Waals surface area contributed by atoms with Crippen LogP contribution in [0.2, 0.25) is 0 Å². The molecule has 114 valence electrons. The predicted molar refractivity (Wildman–Crippen MR) is 76.5 cm³/mol. The van der Waals surface area contributed by atoms with E-state index in [0.717, 1.165) is 12.5 Å². The fourth-order valence-electron chi connectivity index (χ4n) is 1.54. The van der Waals surface area contributed by atoms with E-state index >= 15 is 0 Å². The van der Waals surface area contributed by atoms with Crippen LogP contribution in [-0.4, -0.2) is 29.8 Å². The van der Waals surface area contributed by atoms with Crippen molar-refractivity contribution in [2.24, 2.45) is 5.84 Å². The van der Waals surface area contributed by atoms with Crippen molar-refractivity contribution in [1.82, 2.24) is 10.6 Å². The molecule has 0 aliphatic rings. The number of rotatable bonds is 7. The Balaban J connectivity index is 2.72. The molecule has 1 rings (SSSR count). The maximum Gasteiger partial charge on any atom is 0.294 e. The normalized spacial score (nSPS) is 9.81. The largest absolute Gasteiger partial charge is 0.355 e. The Morgan fingerprint density at radius 3 is 2.62 bits per heavy atom. The first-order chi connectivity index (χ1) is 9.99. The molecule has 9 nitrogen and oxygen atoms in total. The quantitative estimate of drug-likeness (QED) is 0.320. The zero-order valence-electron chi connectivity index (χ0n) is 11.5. The number of nitrogens with one attached hydrogen (secondary N) is 3. The number of nitrogen functional groups attached to an aromatic ring is 1. The minimum atomic E-state index is -0.653. The number of hydrogen-bond donors (Lipinski definition) is 4. The summed E-state index contributed by atoms with van der Waals surface area (Å²) in [6.07, 6.45) is 0.791. The second kappa shape index (κ2) is 7.80. The smallest absolute Gasteiger partial charge is 0.294 e. The van der Waals surface area contributed by atoms with Crippen LogP contribution in [0.3, 0.4) is 0 Å². The molecule has 0 atom stereocenters. The van der Waals surface area contributed by atoms with Gasteiger partial charge in [0.2, 0.25) is 5.91 Å². The SMILES string of the molecule is CCCNC(=O)CNC(=O)c1ccc(NN)c([N+](=O)[O-])c1. The monoisotopic (exact) mass is 295 g/mol. The first kappa shape index (κ1) is 16.4. The van der Waals surface area contributed by atoms with Crippen LogP contribution in [0.15, 0.2) is 18.2 Å². The average molecular weight is 295 g/mol. The van der Waals surface area contributed by atoms with Gasteiger partial charge in [0.15, 0.2) is 0 Å². The zero-order valence-corrected chi connectivity index (χ0v) is 11.5. The van der Waals surface area contributed by atoms with Gasteiger partial charge >= 0.3 is 0 Å².